The molecule has 17 heavy (non-hydrogen) atoms. The number of benzene rings is 1. The lowest BCUT2D eigenvalue weighted by molar-refractivity contribution is -0.116. The summed E-state index contributed by atoms with van der Waals surface area (Å²) in [5, 5.41) is 3.83. The molecule has 0 fully saturated rings. The molecule has 1 aromatic carbocycles. The first kappa shape index (κ1) is 11.3. The van der Waals surface area contributed by atoms with Gasteiger partial charge in [0.25, 0.3) is 0 Å². The molecule has 0 spiro atoms. The number of methoxy groups -OCH3 is 1. The van der Waals surface area contributed by atoms with Gasteiger partial charge in [0.1, 0.15) is 11.5 Å². The van der Waals surface area contributed by atoms with Gasteiger partial charge in [-0.1, -0.05) is 17.3 Å². The minimum atomic E-state index is -0.0137. The van der Waals surface area contributed by atoms with Crippen molar-refractivity contribution in [3.63, 3.8) is 0 Å². The Kier molecular flexibility index (Phi) is 3.18. The van der Waals surface area contributed by atoms with Crippen molar-refractivity contribution in [1.29, 1.82) is 0 Å². The number of Topliss-reactive ketones (excluding diaryl/α,β-unsaturated/α-hetero) is 1. The summed E-state index contributed by atoms with van der Waals surface area (Å²) in [6.07, 6.45) is 0.155. The predicted octanol–water partition coefficient (Wildman–Crippen LogP) is 1.88. The molecule has 0 radical (unpaired) electrons. The monoisotopic (exact) mass is 232 g/mol. The number of hydrogen-bond donors (Lipinski definition) is 0. The largest absolute Gasteiger partial charge is 0.496 e. The third kappa shape index (κ3) is 2.50. The predicted molar refractivity (Wildman–Crippen MR) is 60.7 cm³/mol. The Morgan fingerprint density at radius 3 is 2.88 bits per heavy atom. The highest BCUT2D eigenvalue weighted by Crippen LogP contribution is 2.26. The molecule has 0 unspecified atom stereocenters. The van der Waals surface area contributed by atoms with Crippen LogP contribution in [0.5, 0.6) is 5.75 Å². The van der Waals surface area contributed by atoms with E-state index in [1.165, 1.54) is 6.92 Å². The van der Waals surface area contributed by atoms with Crippen molar-refractivity contribution in [2.45, 2.75) is 13.3 Å². The number of para-hydroxylation sites is 1. The Hall–Kier alpha value is -2.17. The van der Waals surface area contributed by atoms with Gasteiger partial charge in [0.05, 0.1) is 19.1 Å². The molecule has 2 rings (SSSR count). The van der Waals surface area contributed by atoms with Crippen LogP contribution in [0.3, 0.4) is 0 Å². The van der Waals surface area contributed by atoms with E-state index in [2.05, 4.69) is 10.1 Å². The van der Waals surface area contributed by atoms with E-state index in [9.17, 15) is 4.79 Å². The Bertz CT molecular complexity index is 534. The normalized spacial score (nSPS) is 10.2. The van der Waals surface area contributed by atoms with E-state index in [0.29, 0.717) is 17.5 Å². The molecule has 1 aromatic heterocycles. The maximum absolute atomic E-state index is 10.9. The lowest BCUT2D eigenvalue weighted by Crippen LogP contribution is -1.96. The van der Waals surface area contributed by atoms with E-state index in [0.717, 1.165) is 5.56 Å². The molecule has 0 saturated heterocycles. The SMILES string of the molecule is COc1ccccc1-c1noc(CC(C)=O)n1. The minimum absolute atomic E-state index is 0.0137. The molecule has 5 heteroatoms. The summed E-state index contributed by atoms with van der Waals surface area (Å²) in [5.41, 5.74) is 0.744. The number of ketones is 1. The average Bonchev–Trinajstić information content (AvgIpc) is 2.76. The number of hydrogen-bond acceptors (Lipinski definition) is 5. The first-order valence-corrected chi connectivity index (χ1v) is 5.16. The lowest BCUT2D eigenvalue weighted by Gasteiger charge is -2.02. The van der Waals surface area contributed by atoms with Gasteiger partial charge < -0.3 is 9.26 Å². The van der Waals surface area contributed by atoms with Crippen LogP contribution in [-0.4, -0.2) is 23.0 Å². The smallest absolute Gasteiger partial charge is 0.234 e. The van der Waals surface area contributed by atoms with Gasteiger partial charge in [0.2, 0.25) is 11.7 Å². The van der Waals surface area contributed by atoms with Gasteiger partial charge in [-0.05, 0) is 19.1 Å². The van der Waals surface area contributed by atoms with Crippen LogP contribution >= 0.6 is 0 Å². The summed E-state index contributed by atoms with van der Waals surface area (Å²) in [4.78, 5) is 15.1. The molecule has 2 aromatic rings. The van der Waals surface area contributed by atoms with Crippen molar-refractivity contribution in [1.82, 2.24) is 10.1 Å². The summed E-state index contributed by atoms with van der Waals surface area (Å²) in [5.74, 6) is 1.40. The minimum Gasteiger partial charge on any atom is -0.496 e. The van der Waals surface area contributed by atoms with Crippen molar-refractivity contribution < 1.29 is 14.1 Å². The lowest BCUT2D eigenvalue weighted by atomic mass is 10.2. The van der Waals surface area contributed by atoms with Crippen LogP contribution in [0.2, 0.25) is 0 Å². The molecule has 0 aliphatic rings. The maximum Gasteiger partial charge on any atom is 0.234 e. The van der Waals surface area contributed by atoms with E-state index in [1.54, 1.807) is 7.11 Å². The molecule has 1 heterocycles. The van der Waals surface area contributed by atoms with Gasteiger partial charge in [-0.3, -0.25) is 4.79 Å². The Balaban J connectivity index is 2.33. The zero-order valence-electron chi connectivity index (χ0n) is 9.64. The van der Waals surface area contributed by atoms with Gasteiger partial charge in [0.15, 0.2) is 0 Å². The highest BCUT2D eigenvalue weighted by molar-refractivity contribution is 5.77. The summed E-state index contributed by atoms with van der Waals surface area (Å²) in [6, 6.07) is 7.37. The van der Waals surface area contributed by atoms with Crippen molar-refractivity contribution in [3.8, 4) is 17.1 Å². The van der Waals surface area contributed by atoms with Gasteiger partial charge >= 0.3 is 0 Å². The molecule has 88 valence electrons. The highest BCUT2D eigenvalue weighted by Gasteiger charge is 2.13. The molecule has 5 nitrogen and oxygen atoms in total. The molecule has 0 aliphatic carbocycles. The van der Waals surface area contributed by atoms with Crippen LogP contribution in [0.4, 0.5) is 0 Å². The fraction of sp³-hybridized carbons (Fsp3) is 0.250. The summed E-state index contributed by atoms with van der Waals surface area (Å²) < 4.78 is 10.2. The topological polar surface area (TPSA) is 65.2 Å². The first-order valence-electron chi connectivity index (χ1n) is 5.16. The quantitative estimate of drug-likeness (QED) is 0.805. The highest BCUT2D eigenvalue weighted by atomic mass is 16.5. The van der Waals surface area contributed by atoms with E-state index >= 15 is 0 Å². The molecule has 0 aliphatic heterocycles. The number of rotatable bonds is 4. The second-order valence-electron chi connectivity index (χ2n) is 3.59. The van der Waals surface area contributed by atoms with Gasteiger partial charge in [-0.2, -0.15) is 4.98 Å². The number of carbonyl (C=O) groups excluding carboxylic acids is 1. The zero-order chi connectivity index (χ0) is 12.3. The number of aromatic nitrogens is 2. The Morgan fingerprint density at radius 2 is 2.18 bits per heavy atom. The standard InChI is InChI=1S/C12H12N2O3/c1-8(15)7-11-13-12(14-17-11)9-5-3-4-6-10(9)16-2/h3-6H,7H2,1-2H3. The molecular formula is C12H12N2O3. The average molecular weight is 232 g/mol. The van der Waals surface area contributed by atoms with Crippen LogP contribution in [0.1, 0.15) is 12.8 Å². The summed E-state index contributed by atoms with van der Waals surface area (Å²) in [6.45, 7) is 1.48. The third-order valence-electron chi connectivity index (χ3n) is 2.22. The molecule has 0 atom stereocenters. The van der Waals surface area contributed by atoms with Crippen molar-refractivity contribution in [3.05, 3.63) is 30.2 Å². The maximum atomic E-state index is 10.9. The molecule has 0 saturated carbocycles. The van der Waals surface area contributed by atoms with Crippen LogP contribution in [0, 0.1) is 0 Å². The van der Waals surface area contributed by atoms with Crippen molar-refractivity contribution in [2.75, 3.05) is 7.11 Å². The molecule has 0 amide bonds. The van der Waals surface area contributed by atoms with E-state index in [1.807, 2.05) is 24.3 Å². The zero-order valence-corrected chi connectivity index (χ0v) is 9.64. The van der Waals surface area contributed by atoms with Crippen molar-refractivity contribution in [2.24, 2.45) is 0 Å². The second-order valence-corrected chi connectivity index (χ2v) is 3.59. The first-order chi connectivity index (χ1) is 8.20. The summed E-state index contributed by atoms with van der Waals surface area (Å²) in [7, 11) is 1.58. The number of carbonyl (C=O) groups is 1. The molecule has 0 bridgehead atoms. The third-order valence-corrected chi connectivity index (χ3v) is 2.22. The Morgan fingerprint density at radius 1 is 1.41 bits per heavy atom. The molecular weight excluding hydrogens is 220 g/mol. The van der Waals surface area contributed by atoms with Crippen LogP contribution in [0.25, 0.3) is 11.4 Å². The van der Waals surface area contributed by atoms with Crippen LogP contribution in [-0.2, 0) is 11.2 Å². The van der Waals surface area contributed by atoms with E-state index in [4.69, 9.17) is 9.26 Å². The summed E-state index contributed by atoms with van der Waals surface area (Å²) >= 11 is 0. The van der Waals surface area contributed by atoms with Crippen molar-refractivity contribution >= 4 is 5.78 Å². The second kappa shape index (κ2) is 4.78. The van der Waals surface area contributed by atoms with Crippen LogP contribution in [0.15, 0.2) is 28.8 Å². The number of nitrogens with zero attached hydrogens (tertiary/aromatic N) is 2. The van der Waals surface area contributed by atoms with Gasteiger partial charge in [-0.25, -0.2) is 0 Å². The van der Waals surface area contributed by atoms with Gasteiger partial charge in [-0.15, -0.1) is 0 Å². The fourth-order valence-electron chi connectivity index (χ4n) is 1.48. The van der Waals surface area contributed by atoms with E-state index in [-0.39, 0.29) is 12.2 Å². The Labute approximate surface area is 98.4 Å². The number of ether oxygens (including phenoxy) is 1. The van der Waals surface area contributed by atoms with Crippen LogP contribution < -0.4 is 4.74 Å². The van der Waals surface area contributed by atoms with E-state index < -0.39 is 0 Å². The fourth-order valence-corrected chi connectivity index (χ4v) is 1.48. The van der Waals surface area contributed by atoms with Gasteiger partial charge in [0, 0.05) is 0 Å². The molecule has 0 N–H and O–H groups in total.